The van der Waals surface area contributed by atoms with Crippen molar-refractivity contribution in [1.82, 2.24) is 10.2 Å². The zero-order valence-corrected chi connectivity index (χ0v) is 24.0. The number of nitrogens with zero attached hydrogens (tertiary/aromatic N) is 2. The predicted octanol–water partition coefficient (Wildman–Crippen LogP) is 5.78. The van der Waals surface area contributed by atoms with Gasteiger partial charge < -0.3 is 10.0 Å². The Bertz CT molecular complexity index is 1410. The van der Waals surface area contributed by atoms with Gasteiger partial charge in [-0.3, -0.25) is 10.1 Å². The molecular formula is C37H39N3O2. The van der Waals surface area contributed by atoms with Crippen LogP contribution in [-0.4, -0.2) is 39.6 Å². The molecule has 1 heterocycles. The lowest BCUT2D eigenvalue weighted by Crippen LogP contribution is -2.68. The van der Waals surface area contributed by atoms with Crippen LogP contribution in [0.2, 0.25) is 0 Å². The van der Waals surface area contributed by atoms with E-state index in [2.05, 4.69) is 84.2 Å². The molecule has 1 saturated heterocycles. The van der Waals surface area contributed by atoms with Crippen molar-refractivity contribution in [2.24, 2.45) is 23.2 Å². The van der Waals surface area contributed by atoms with Gasteiger partial charge in [-0.2, -0.15) is 5.26 Å². The molecule has 3 aromatic carbocycles. The average Bonchev–Trinajstić information content (AvgIpc) is 3.66. The first-order chi connectivity index (χ1) is 20.4. The van der Waals surface area contributed by atoms with Crippen LogP contribution in [0.15, 0.2) is 91.0 Å². The average molecular weight is 558 g/mol. The molecule has 42 heavy (non-hydrogen) atoms. The summed E-state index contributed by atoms with van der Waals surface area (Å²) in [4.78, 5) is 17.1. The van der Waals surface area contributed by atoms with Gasteiger partial charge in [0.1, 0.15) is 6.04 Å². The second-order valence-electron chi connectivity index (χ2n) is 14.2. The van der Waals surface area contributed by atoms with Gasteiger partial charge in [-0.1, -0.05) is 91.0 Å². The van der Waals surface area contributed by atoms with E-state index in [1.807, 2.05) is 23.1 Å². The fourth-order valence-corrected chi connectivity index (χ4v) is 10.2. The van der Waals surface area contributed by atoms with Crippen LogP contribution in [0.5, 0.6) is 0 Å². The van der Waals surface area contributed by atoms with Crippen LogP contribution >= 0.6 is 0 Å². The molecule has 0 aromatic heterocycles. The number of benzene rings is 3. The number of nitriles is 1. The number of fused-ring (bicyclic) bond motifs is 1. The Morgan fingerprint density at radius 2 is 1.36 bits per heavy atom. The minimum Gasteiger partial charge on any atom is -0.390 e. The molecule has 9 rings (SSSR count). The van der Waals surface area contributed by atoms with Crippen LogP contribution in [0.1, 0.15) is 68.1 Å². The number of likely N-dealkylation sites (tertiary alicyclic amines) is 1. The molecule has 5 aliphatic carbocycles. The smallest absolute Gasteiger partial charge is 0.241 e. The molecule has 2 N–H and O–H groups in total. The van der Waals surface area contributed by atoms with E-state index in [1.165, 1.54) is 0 Å². The molecule has 1 amide bonds. The molecule has 6 unspecified atom stereocenters. The summed E-state index contributed by atoms with van der Waals surface area (Å²) in [6.45, 7) is 0. The Labute approximate surface area is 248 Å². The molecule has 3 aromatic rings. The highest BCUT2D eigenvalue weighted by Gasteiger charge is 2.64. The highest BCUT2D eigenvalue weighted by molar-refractivity contribution is 5.85. The lowest BCUT2D eigenvalue weighted by molar-refractivity contribution is -0.182. The summed E-state index contributed by atoms with van der Waals surface area (Å²) in [6, 6.07) is 33.2. The molecule has 5 nitrogen and oxygen atoms in total. The van der Waals surface area contributed by atoms with Crippen molar-refractivity contribution in [2.45, 2.75) is 80.6 Å². The maximum atomic E-state index is 15.2. The lowest BCUT2D eigenvalue weighted by Gasteiger charge is -2.63. The zero-order chi connectivity index (χ0) is 28.5. The van der Waals surface area contributed by atoms with E-state index in [9.17, 15) is 10.4 Å². The van der Waals surface area contributed by atoms with Crippen molar-refractivity contribution in [3.05, 3.63) is 108 Å². The molecule has 6 fully saturated rings. The predicted molar refractivity (Wildman–Crippen MR) is 161 cm³/mol. The van der Waals surface area contributed by atoms with Crippen LogP contribution < -0.4 is 5.32 Å². The SMILES string of the molecule is N#CC1CC2CC2N1C(=O)C(NC(c1ccccc1)(c1ccccc1)c1ccccc1)C12CC3CC(CC(O)(C3)C1)C2. The summed E-state index contributed by atoms with van der Waals surface area (Å²) in [5, 5.41) is 26.1. The number of rotatable bonds is 7. The van der Waals surface area contributed by atoms with E-state index < -0.39 is 17.2 Å². The first-order valence-corrected chi connectivity index (χ1v) is 15.8. The monoisotopic (exact) mass is 557 g/mol. The number of amides is 1. The van der Waals surface area contributed by atoms with E-state index in [4.69, 9.17) is 0 Å². The Morgan fingerprint density at radius 3 is 1.83 bits per heavy atom. The van der Waals surface area contributed by atoms with Gasteiger partial charge >= 0.3 is 0 Å². The summed E-state index contributed by atoms with van der Waals surface area (Å²) < 4.78 is 0. The third kappa shape index (κ3) is 3.99. The van der Waals surface area contributed by atoms with Crippen LogP contribution in [0.3, 0.4) is 0 Å². The second-order valence-corrected chi connectivity index (χ2v) is 14.2. The molecule has 6 aliphatic rings. The number of nitrogens with one attached hydrogen (secondary N) is 1. The van der Waals surface area contributed by atoms with Gasteiger partial charge in [-0.15, -0.1) is 0 Å². The molecule has 1 aliphatic heterocycles. The van der Waals surface area contributed by atoms with E-state index in [1.54, 1.807) is 0 Å². The third-order valence-electron chi connectivity index (χ3n) is 11.4. The van der Waals surface area contributed by atoms with Crippen molar-refractivity contribution in [3.63, 3.8) is 0 Å². The highest BCUT2D eigenvalue weighted by Crippen LogP contribution is 2.64. The quantitative estimate of drug-likeness (QED) is 0.361. The maximum Gasteiger partial charge on any atom is 0.241 e. The standard InChI is InChI=1S/C37H39N3O2/c38-23-31-17-27-18-32(27)40(31)34(41)33(35-19-25-16-26(20-35)22-36(42,21-25)24-35)39-37(28-10-4-1-5-11-28,29-12-6-2-7-13-29)30-14-8-3-9-15-30/h1-15,25-27,31-33,39,42H,16-22,24H2. The van der Waals surface area contributed by atoms with Crippen molar-refractivity contribution in [2.75, 3.05) is 0 Å². The summed E-state index contributed by atoms with van der Waals surface area (Å²) in [7, 11) is 0. The van der Waals surface area contributed by atoms with E-state index in [0.717, 1.165) is 61.6 Å². The number of carbonyl (C=O) groups is 1. The molecule has 0 spiro atoms. The molecule has 5 heteroatoms. The largest absolute Gasteiger partial charge is 0.390 e. The van der Waals surface area contributed by atoms with Gasteiger partial charge in [-0.25, -0.2) is 0 Å². The Morgan fingerprint density at radius 1 is 0.833 bits per heavy atom. The van der Waals surface area contributed by atoms with Gasteiger partial charge in [-0.05, 0) is 91.2 Å². The maximum absolute atomic E-state index is 15.2. The van der Waals surface area contributed by atoms with Crippen LogP contribution in [0, 0.1) is 34.5 Å². The Kier molecular flexibility index (Phi) is 5.94. The molecular weight excluding hydrogens is 518 g/mol. The minimum atomic E-state index is -0.805. The normalized spacial score (nSPS) is 35.0. The summed E-state index contributed by atoms with van der Waals surface area (Å²) >= 11 is 0. The number of aliphatic hydroxyl groups is 1. The van der Waals surface area contributed by atoms with E-state index in [0.29, 0.717) is 24.2 Å². The Hall–Kier alpha value is -3.46. The van der Waals surface area contributed by atoms with E-state index in [-0.39, 0.29) is 23.4 Å². The molecule has 0 radical (unpaired) electrons. The van der Waals surface area contributed by atoms with E-state index >= 15 is 4.79 Å². The topological polar surface area (TPSA) is 76.4 Å². The summed E-state index contributed by atoms with van der Waals surface area (Å²) in [5.74, 6) is 1.38. The van der Waals surface area contributed by atoms with Crippen molar-refractivity contribution in [1.29, 1.82) is 5.26 Å². The van der Waals surface area contributed by atoms with Crippen LogP contribution in [0.25, 0.3) is 0 Å². The first-order valence-electron chi connectivity index (χ1n) is 15.8. The van der Waals surface area contributed by atoms with Gasteiger partial charge in [0.2, 0.25) is 5.91 Å². The number of hydrogen-bond acceptors (Lipinski definition) is 4. The first kappa shape index (κ1) is 26.2. The summed E-state index contributed by atoms with van der Waals surface area (Å²) in [6.07, 6.45) is 7.17. The van der Waals surface area contributed by atoms with Gasteiger partial charge in [0.05, 0.1) is 23.3 Å². The van der Waals surface area contributed by atoms with Crippen molar-refractivity contribution < 1.29 is 9.90 Å². The van der Waals surface area contributed by atoms with Gasteiger partial charge in [0, 0.05) is 6.04 Å². The number of piperidine rings is 1. The fraction of sp³-hybridized carbons (Fsp3) is 0.459. The highest BCUT2D eigenvalue weighted by atomic mass is 16.3. The van der Waals surface area contributed by atoms with Gasteiger partial charge in [0.25, 0.3) is 0 Å². The van der Waals surface area contributed by atoms with Gasteiger partial charge in [0.15, 0.2) is 0 Å². The Balaban J connectivity index is 1.33. The number of carbonyl (C=O) groups excluding carboxylic acids is 1. The molecule has 214 valence electrons. The summed E-state index contributed by atoms with van der Waals surface area (Å²) in [5.41, 5.74) is 1.34. The molecule has 5 saturated carbocycles. The van der Waals surface area contributed by atoms with Crippen molar-refractivity contribution in [3.8, 4) is 6.07 Å². The zero-order valence-electron chi connectivity index (χ0n) is 24.0. The number of hydrogen-bond donors (Lipinski definition) is 2. The lowest BCUT2D eigenvalue weighted by atomic mass is 9.46. The fourth-order valence-electron chi connectivity index (χ4n) is 10.2. The van der Waals surface area contributed by atoms with Crippen molar-refractivity contribution >= 4 is 5.91 Å². The second kappa shape index (κ2) is 9.53. The minimum absolute atomic E-state index is 0.0595. The van der Waals surface area contributed by atoms with Crippen LogP contribution in [0.4, 0.5) is 0 Å². The van der Waals surface area contributed by atoms with Crippen LogP contribution in [-0.2, 0) is 10.3 Å². The molecule has 4 bridgehead atoms. The third-order valence-corrected chi connectivity index (χ3v) is 11.4. The molecule has 6 atom stereocenters.